The van der Waals surface area contributed by atoms with Gasteiger partial charge in [-0.25, -0.2) is 0 Å². The average molecular weight is 425 g/mol. The minimum atomic E-state index is 0.107. The third-order valence-electron chi connectivity index (χ3n) is 6.01. The highest BCUT2D eigenvalue weighted by Gasteiger charge is 2.27. The van der Waals surface area contributed by atoms with E-state index in [1.54, 1.807) is 11.5 Å². The van der Waals surface area contributed by atoms with E-state index in [4.69, 9.17) is 4.74 Å². The van der Waals surface area contributed by atoms with Crippen LogP contribution in [0.2, 0.25) is 0 Å². The fourth-order valence-corrected chi connectivity index (χ4v) is 3.79. The van der Waals surface area contributed by atoms with Crippen LogP contribution in [0.15, 0.2) is 48.5 Å². The smallest absolute Gasteiger partial charge is 0.373 e. The molecule has 6 nitrogen and oxygen atoms in total. The summed E-state index contributed by atoms with van der Waals surface area (Å²) in [5.74, 6) is 1.11. The van der Waals surface area contributed by atoms with Gasteiger partial charge in [-0.3, -0.25) is 4.79 Å². The minimum absolute atomic E-state index is 0.107. The standard InChI is InChI=1S/C25H33N3O3/c1-5-6-17-31-24-13-7-20(8-14-24)25(30)27(4)21-9-11-22(12-10-21)28-16-15-23(18-28)26(3)19(2)29/h7-14,23H,5-6,15-18H2,1-4H3/p+1. The first-order valence-corrected chi connectivity index (χ1v) is 11.0. The molecule has 31 heavy (non-hydrogen) atoms. The third-order valence-corrected chi connectivity index (χ3v) is 6.01. The number of aliphatic hydroxyl groups excluding tert-OH is 1. The van der Waals surface area contributed by atoms with Crippen LogP contribution in [-0.4, -0.2) is 66.2 Å². The zero-order chi connectivity index (χ0) is 22.4. The van der Waals surface area contributed by atoms with Gasteiger partial charge >= 0.3 is 5.90 Å². The van der Waals surface area contributed by atoms with Gasteiger partial charge in [-0.1, -0.05) is 13.3 Å². The predicted octanol–water partition coefficient (Wildman–Crippen LogP) is 4.20. The number of aliphatic hydroxyl groups is 1. The van der Waals surface area contributed by atoms with E-state index in [0.29, 0.717) is 6.61 Å². The van der Waals surface area contributed by atoms with Gasteiger partial charge in [-0.2, -0.15) is 4.58 Å². The average Bonchev–Trinajstić information content (AvgIpc) is 3.28. The van der Waals surface area contributed by atoms with Crippen molar-refractivity contribution in [2.24, 2.45) is 0 Å². The molecule has 1 unspecified atom stereocenters. The maximum absolute atomic E-state index is 11.6. The highest BCUT2D eigenvalue weighted by Crippen LogP contribution is 2.25. The van der Waals surface area contributed by atoms with Crippen molar-refractivity contribution in [3.05, 3.63) is 54.1 Å². The highest BCUT2D eigenvalue weighted by molar-refractivity contribution is 5.89. The lowest BCUT2D eigenvalue weighted by Crippen LogP contribution is -2.37. The molecule has 0 spiro atoms. The van der Waals surface area contributed by atoms with Gasteiger partial charge in [0.2, 0.25) is 11.6 Å². The lowest BCUT2D eigenvalue weighted by molar-refractivity contribution is -0.414. The first kappa shape index (κ1) is 22.7. The molecule has 2 aromatic carbocycles. The van der Waals surface area contributed by atoms with Crippen molar-refractivity contribution >= 4 is 23.2 Å². The normalized spacial score (nSPS) is 16.8. The van der Waals surface area contributed by atoms with E-state index in [2.05, 4.69) is 24.0 Å². The summed E-state index contributed by atoms with van der Waals surface area (Å²) in [6.07, 6.45) is 3.11. The Kier molecular flexibility index (Phi) is 7.55. The van der Waals surface area contributed by atoms with Crippen LogP contribution in [0.1, 0.15) is 38.7 Å². The summed E-state index contributed by atoms with van der Waals surface area (Å²) in [5.41, 5.74) is 2.77. The van der Waals surface area contributed by atoms with E-state index >= 15 is 0 Å². The second-order valence-electron chi connectivity index (χ2n) is 8.14. The molecule has 1 amide bonds. The SMILES string of the molecule is CCCCOc1ccc(C(O)=[N+](C)c2ccc(N3CCC(N(C)C(C)=O)C3)cc2)cc1. The van der Waals surface area contributed by atoms with Crippen molar-refractivity contribution in [1.29, 1.82) is 0 Å². The van der Waals surface area contributed by atoms with Gasteiger partial charge in [0.15, 0.2) is 0 Å². The molecule has 0 radical (unpaired) electrons. The Morgan fingerprint density at radius 2 is 1.87 bits per heavy atom. The van der Waals surface area contributed by atoms with Crippen LogP contribution in [-0.2, 0) is 4.79 Å². The fraction of sp³-hybridized carbons (Fsp3) is 0.440. The lowest BCUT2D eigenvalue weighted by atomic mass is 10.2. The molecule has 1 saturated heterocycles. The van der Waals surface area contributed by atoms with Crippen LogP contribution in [0.4, 0.5) is 11.4 Å². The van der Waals surface area contributed by atoms with Gasteiger partial charge in [0.05, 0.1) is 18.2 Å². The van der Waals surface area contributed by atoms with Crippen LogP contribution in [0, 0.1) is 0 Å². The van der Waals surface area contributed by atoms with Gasteiger partial charge in [0, 0.05) is 44.9 Å². The van der Waals surface area contributed by atoms with Crippen molar-refractivity contribution < 1.29 is 19.2 Å². The Labute approximate surface area is 185 Å². The second kappa shape index (κ2) is 10.3. The first-order valence-electron chi connectivity index (χ1n) is 11.0. The molecule has 1 atom stereocenters. The molecule has 1 aliphatic rings. The van der Waals surface area contributed by atoms with Crippen LogP contribution < -0.4 is 9.64 Å². The highest BCUT2D eigenvalue weighted by atomic mass is 16.5. The van der Waals surface area contributed by atoms with Gasteiger partial charge in [0.1, 0.15) is 12.8 Å². The molecule has 166 valence electrons. The Bertz CT molecular complexity index is 907. The molecule has 0 aliphatic carbocycles. The van der Waals surface area contributed by atoms with Crippen molar-refractivity contribution in [2.75, 3.05) is 38.7 Å². The number of hydrogen-bond acceptors (Lipinski definition) is 3. The van der Waals surface area contributed by atoms with E-state index in [9.17, 15) is 9.90 Å². The van der Waals surface area contributed by atoms with E-state index in [1.807, 2.05) is 55.4 Å². The molecule has 1 fully saturated rings. The van der Waals surface area contributed by atoms with Gasteiger partial charge in [0.25, 0.3) is 0 Å². The molecule has 0 bridgehead atoms. The number of benzene rings is 2. The summed E-state index contributed by atoms with van der Waals surface area (Å²) in [7, 11) is 3.72. The zero-order valence-electron chi connectivity index (χ0n) is 19.0. The van der Waals surface area contributed by atoms with E-state index < -0.39 is 0 Å². The predicted molar refractivity (Wildman–Crippen MR) is 125 cm³/mol. The van der Waals surface area contributed by atoms with Crippen LogP contribution in [0.25, 0.3) is 0 Å². The lowest BCUT2D eigenvalue weighted by Gasteiger charge is -2.24. The van der Waals surface area contributed by atoms with Crippen molar-refractivity contribution in [2.45, 2.75) is 39.2 Å². The second-order valence-corrected chi connectivity index (χ2v) is 8.14. The summed E-state index contributed by atoms with van der Waals surface area (Å²) in [6.45, 7) is 6.23. The number of likely N-dealkylation sites (N-methyl/N-ethyl adjacent to an activating group) is 1. The molecular weight excluding hydrogens is 390 g/mol. The largest absolute Gasteiger partial charge is 0.494 e. The zero-order valence-corrected chi connectivity index (χ0v) is 19.0. The Morgan fingerprint density at radius 1 is 1.19 bits per heavy atom. The Balaban J connectivity index is 1.67. The Hall–Kier alpha value is -3.02. The quantitative estimate of drug-likeness (QED) is 0.299. The molecule has 3 rings (SSSR count). The fourth-order valence-electron chi connectivity index (χ4n) is 3.79. The molecule has 0 aromatic heterocycles. The summed E-state index contributed by atoms with van der Waals surface area (Å²) >= 11 is 0. The molecule has 2 aromatic rings. The number of ether oxygens (including phenoxy) is 1. The number of nitrogens with zero attached hydrogens (tertiary/aromatic N) is 3. The summed E-state index contributed by atoms with van der Waals surface area (Å²) < 4.78 is 7.46. The van der Waals surface area contributed by atoms with Gasteiger partial charge < -0.3 is 19.6 Å². The number of amides is 1. The maximum atomic E-state index is 11.6. The summed E-state index contributed by atoms with van der Waals surface area (Å²) in [6, 6.07) is 15.9. The number of hydrogen-bond donors (Lipinski definition) is 1. The molecule has 1 aliphatic heterocycles. The molecule has 0 saturated carbocycles. The van der Waals surface area contributed by atoms with E-state index in [-0.39, 0.29) is 17.8 Å². The van der Waals surface area contributed by atoms with Crippen molar-refractivity contribution in [3.63, 3.8) is 0 Å². The number of rotatable bonds is 8. The minimum Gasteiger partial charge on any atom is -0.494 e. The molecule has 1 N–H and O–H groups in total. The van der Waals surface area contributed by atoms with E-state index in [0.717, 1.165) is 55.0 Å². The van der Waals surface area contributed by atoms with Gasteiger partial charge in [-0.15, -0.1) is 0 Å². The van der Waals surface area contributed by atoms with Gasteiger partial charge in [-0.05, 0) is 49.2 Å². The third kappa shape index (κ3) is 5.57. The number of anilines is 1. The summed E-state index contributed by atoms with van der Waals surface area (Å²) in [4.78, 5) is 15.7. The number of carbonyl (C=O) groups excluding carboxylic acids is 1. The van der Waals surface area contributed by atoms with Crippen LogP contribution in [0.5, 0.6) is 5.75 Å². The molecule has 1 heterocycles. The van der Waals surface area contributed by atoms with Crippen LogP contribution >= 0.6 is 0 Å². The molecule has 6 heteroatoms. The Morgan fingerprint density at radius 3 is 2.48 bits per heavy atom. The number of carbonyl (C=O) groups is 1. The number of unbranched alkanes of at least 4 members (excludes halogenated alkanes) is 1. The molecular formula is C25H34N3O3+. The van der Waals surface area contributed by atoms with E-state index in [1.165, 1.54) is 0 Å². The first-order chi connectivity index (χ1) is 14.9. The monoisotopic (exact) mass is 424 g/mol. The van der Waals surface area contributed by atoms with Crippen molar-refractivity contribution in [1.82, 2.24) is 4.90 Å². The van der Waals surface area contributed by atoms with Crippen LogP contribution in [0.3, 0.4) is 0 Å². The maximum Gasteiger partial charge on any atom is 0.373 e. The topological polar surface area (TPSA) is 56.0 Å². The van der Waals surface area contributed by atoms with Crippen molar-refractivity contribution in [3.8, 4) is 5.75 Å². The summed E-state index contributed by atoms with van der Waals surface area (Å²) in [5, 5.41) is 10.7.